The Kier molecular flexibility index (Phi) is 5.10. The maximum absolute atomic E-state index is 13.1. The van der Waals surface area contributed by atoms with Crippen molar-refractivity contribution in [2.24, 2.45) is 0 Å². The van der Waals surface area contributed by atoms with Crippen LogP contribution in [0.3, 0.4) is 0 Å². The molecule has 1 fully saturated rings. The number of amides is 1. The number of pyridine rings is 1. The van der Waals surface area contributed by atoms with Gasteiger partial charge in [0.05, 0.1) is 10.9 Å². The Labute approximate surface area is 187 Å². The van der Waals surface area contributed by atoms with Crippen LogP contribution < -0.4 is 11.2 Å². The lowest BCUT2D eigenvalue weighted by molar-refractivity contribution is -0.133. The van der Waals surface area contributed by atoms with E-state index in [1.807, 2.05) is 0 Å². The quantitative estimate of drug-likeness (QED) is 0.435. The molecule has 33 heavy (non-hydrogen) atoms. The molecule has 2 N–H and O–H groups in total. The molecule has 0 radical (unpaired) electrons. The number of aromatic amines is 2. The van der Waals surface area contributed by atoms with E-state index >= 15 is 0 Å². The van der Waals surface area contributed by atoms with Crippen molar-refractivity contribution >= 4 is 37.9 Å². The van der Waals surface area contributed by atoms with Crippen LogP contribution in [-0.2, 0) is 21.4 Å². The van der Waals surface area contributed by atoms with Crippen molar-refractivity contribution in [1.82, 2.24) is 28.7 Å². The molecule has 1 aliphatic heterocycles. The number of para-hydroxylation sites is 1. The number of benzene rings is 1. The van der Waals surface area contributed by atoms with E-state index in [0.29, 0.717) is 21.9 Å². The third-order valence-corrected chi connectivity index (χ3v) is 7.74. The predicted molar refractivity (Wildman–Crippen MR) is 120 cm³/mol. The number of H-pyrrole nitrogens is 2. The molecular weight excluding hydrogens is 448 g/mol. The van der Waals surface area contributed by atoms with Crippen molar-refractivity contribution in [2.75, 3.05) is 26.2 Å². The number of sulfonamides is 1. The van der Waals surface area contributed by atoms with Gasteiger partial charge in [0.25, 0.3) is 5.56 Å². The van der Waals surface area contributed by atoms with Gasteiger partial charge in [-0.1, -0.05) is 12.1 Å². The molecule has 0 unspecified atom stereocenters. The highest BCUT2D eigenvalue weighted by Crippen LogP contribution is 2.25. The van der Waals surface area contributed by atoms with Crippen LogP contribution in [0.15, 0.2) is 63.3 Å². The molecule has 0 bridgehead atoms. The first-order valence-corrected chi connectivity index (χ1v) is 11.7. The lowest BCUT2D eigenvalue weighted by Gasteiger charge is -2.34. The molecule has 1 amide bonds. The molecule has 4 heterocycles. The zero-order chi connectivity index (χ0) is 23.2. The summed E-state index contributed by atoms with van der Waals surface area (Å²) >= 11 is 0. The number of aromatic nitrogens is 4. The molecule has 1 aromatic carbocycles. The molecule has 5 rings (SSSR count). The Morgan fingerprint density at radius 1 is 1.00 bits per heavy atom. The van der Waals surface area contributed by atoms with Gasteiger partial charge in [0.15, 0.2) is 0 Å². The number of nitrogens with zero attached hydrogens (tertiary/aromatic N) is 4. The average molecular weight is 468 g/mol. The summed E-state index contributed by atoms with van der Waals surface area (Å²) in [5, 5.41) is 0.819. The molecule has 0 aliphatic carbocycles. The van der Waals surface area contributed by atoms with E-state index in [1.165, 1.54) is 15.4 Å². The van der Waals surface area contributed by atoms with Crippen LogP contribution in [0.5, 0.6) is 0 Å². The van der Waals surface area contributed by atoms with E-state index in [2.05, 4.69) is 15.0 Å². The maximum atomic E-state index is 13.1. The third-order valence-electron chi connectivity index (χ3n) is 5.81. The zero-order valence-electron chi connectivity index (χ0n) is 17.4. The lowest BCUT2D eigenvalue weighted by Crippen LogP contribution is -2.52. The number of nitrogens with one attached hydrogen (secondary N) is 2. The van der Waals surface area contributed by atoms with E-state index in [1.54, 1.807) is 42.6 Å². The van der Waals surface area contributed by atoms with Gasteiger partial charge in [0.2, 0.25) is 15.9 Å². The molecule has 11 nitrogen and oxygen atoms in total. The van der Waals surface area contributed by atoms with Crippen molar-refractivity contribution in [3.63, 3.8) is 0 Å². The minimum Gasteiger partial charge on any atom is -0.345 e. The molecule has 0 spiro atoms. The first kappa shape index (κ1) is 21.1. The number of rotatable bonds is 4. The van der Waals surface area contributed by atoms with E-state index in [9.17, 15) is 22.8 Å². The molecule has 0 atom stereocenters. The second-order valence-corrected chi connectivity index (χ2v) is 9.61. The van der Waals surface area contributed by atoms with Gasteiger partial charge >= 0.3 is 5.69 Å². The minimum absolute atomic E-state index is 0.101. The largest absolute Gasteiger partial charge is 0.345 e. The molecular formula is C21H20N6O5S. The van der Waals surface area contributed by atoms with Gasteiger partial charge in [-0.05, 0) is 24.3 Å². The molecule has 170 valence electrons. The number of carbonyl (C=O) groups is 1. The fourth-order valence-electron chi connectivity index (χ4n) is 4.04. The molecule has 0 saturated carbocycles. The van der Waals surface area contributed by atoms with E-state index in [4.69, 9.17) is 0 Å². The van der Waals surface area contributed by atoms with Crippen molar-refractivity contribution in [2.45, 2.75) is 11.4 Å². The first-order chi connectivity index (χ1) is 15.9. The Morgan fingerprint density at radius 2 is 1.73 bits per heavy atom. The van der Waals surface area contributed by atoms with Gasteiger partial charge in [0, 0.05) is 44.0 Å². The summed E-state index contributed by atoms with van der Waals surface area (Å²) in [7, 11) is -3.78. The standard InChI is InChI=1S/C21H20N6O5S/c28-18(13-27-20(29)14-4-1-2-6-16(14)24-21(27)30)25-8-10-26(11-9-25)33(31,32)17-12-23-19-15(17)5-3-7-22-19/h1-7,12H,8-11,13H2,(H,22,23)(H,24,30). The topological polar surface area (TPSA) is 141 Å². The monoisotopic (exact) mass is 468 g/mol. The fourth-order valence-corrected chi connectivity index (χ4v) is 5.61. The second-order valence-electron chi connectivity index (χ2n) is 7.70. The van der Waals surface area contributed by atoms with Crippen LogP contribution in [0.1, 0.15) is 0 Å². The fraction of sp³-hybridized carbons (Fsp3) is 0.238. The Bertz CT molecular complexity index is 1590. The van der Waals surface area contributed by atoms with Gasteiger partial charge in [0.1, 0.15) is 17.1 Å². The Hall–Kier alpha value is -3.77. The summed E-state index contributed by atoms with van der Waals surface area (Å²) in [6.07, 6.45) is 2.99. The van der Waals surface area contributed by atoms with E-state index in [-0.39, 0.29) is 31.1 Å². The second kappa shape index (κ2) is 7.98. The summed E-state index contributed by atoms with van der Waals surface area (Å²) in [5.41, 5.74) is -0.323. The third kappa shape index (κ3) is 3.62. The number of hydrogen-bond donors (Lipinski definition) is 2. The number of piperazine rings is 1. The van der Waals surface area contributed by atoms with E-state index < -0.39 is 33.7 Å². The highest BCUT2D eigenvalue weighted by Gasteiger charge is 2.32. The molecule has 12 heteroatoms. The smallest absolute Gasteiger partial charge is 0.329 e. The predicted octanol–water partition coefficient (Wildman–Crippen LogP) is 0.0992. The summed E-state index contributed by atoms with van der Waals surface area (Å²) < 4.78 is 28.4. The Morgan fingerprint density at radius 3 is 2.52 bits per heavy atom. The zero-order valence-corrected chi connectivity index (χ0v) is 18.2. The summed E-state index contributed by atoms with van der Waals surface area (Å²) in [6, 6.07) is 9.93. The van der Waals surface area contributed by atoms with Gasteiger partial charge in [-0.25, -0.2) is 18.2 Å². The molecule has 1 aliphatic rings. The van der Waals surface area contributed by atoms with Crippen molar-refractivity contribution in [3.05, 3.63) is 69.6 Å². The van der Waals surface area contributed by atoms with Gasteiger partial charge in [-0.15, -0.1) is 0 Å². The average Bonchev–Trinajstić information content (AvgIpc) is 3.27. The SMILES string of the molecule is O=C(Cn1c(=O)[nH]c2ccccc2c1=O)N1CCN(S(=O)(=O)c2c[nH]c3ncccc23)CC1. The van der Waals surface area contributed by atoms with Crippen LogP contribution in [0.25, 0.3) is 21.9 Å². The van der Waals surface area contributed by atoms with Crippen molar-refractivity contribution < 1.29 is 13.2 Å². The van der Waals surface area contributed by atoms with Crippen LogP contribution in [0, 0.1) is 0 Å². The van der Waals surface area contributed by atoms with Crippen molar-refractivity contribution in [3.8, 4) is 0 Å². The number of hydrogen-bond acceptors (Lipinski definition) is 6. The van der Waals surface area contributed by atoms with E-state index in [0.717, 1.165) is 4.57 Å². The highest BCUT2D eigenvalue weighted by molar-refractivity contribution is 7.89. The van der Waals surface area contributed by atoms with Crippen LogP contribution in [-0.4, -0.2) is 69.2 Å². The maximum Gasteiger partial charge on any atom is 0.329 e. The van der Waals surface area contributed by atoms with Crippen LogP contribution in [0.4, 0.5) is 0 Å². The number of carbonyl (C=O) groups excluding carboxylic acids is 1. The first-order valence-electron chi connectivity index (χ1n) is 10.3. The molecule has 4 aromatic rings. The Balaban J connectivity index is 1.32. The lowest BCUT2D eigenvalue weighted by atomic mass is 10.2. The van der Waals surface area contributed by atoms with Crippen LogP contribution >= 0.6 is 0 Å². The van der Waals surface area contributed by atoms with Gasteiger partial charge < -0.3 is 14.9 Å². The van der Waals surface area contributed by atoms with Crippen molar-refractivity contribution in [1.29, 1.82) is 0 Å². The van der Waals surface area contributed by atoms with Gasteiger partial charge in [-0.3, -0.25) is 14.2 Å². The minimum atomic E-state index is -3.78. The molecule has 1 saturated heterocycles. The highest BCUT2D eigenvalue weighted by atomic mass is 32.2. The summed E-state index contributed by atoms with van der Waals surface area (Å²) in [4.78, 5) is 49.0. The van der Waals surface area contributed by atoms with Crippen LogP contribution in [0.2, 0.25) is 0 Å². The summed E-state index contributed by atoms with van der Waals surface area (Å²) in [5.74, 6) is -0.425. The molecule has 3 aromatic heterocycles. The normalized spacial score (nSPS) is 15.3. The van der Waals surface area contributed by atoms with Gasteiger partial charge in [-0.2, -0.15) is 4.31 Å². The number of fused-ring (bicyclic) bond motifs is 2. The summed E-state index contributed by atoms with van der Waals surface area (Å²) in [6.45, 7) is 0.0889.